The van der Waals surface area contributed by atoms with Crippen molar-refractivity contribution in [2.45, 2.75) is 82.8 Å². The fourth-order valence-electron chi connectivity index (χ4n) is 6.18. The maximum absolute atomic E-state index is 13.1. The van der Waals surface area contributed by atoms with Gasteiger partial charge in [-0.3, -0.25) is 0 Å². The van der Waals surface area contributed by atoms with Crippen LogP contribution in [-0.4, -0.2) is 8.80 Å². The minimum absolute atomic E-state index is 0.170. The van der Waals surface area contributed by atoms with E-state index in [4.69, 9.17) is 0 Å². The van der Waals surface area contributed by atoms with Crippen LogP contribution in [0.1, 0.15) is 63.9 Å². The van der Waals surface area contributed by atoms with E-state index in [1.54, 1.807) is 43.1 Å². The normalized spacial score (nSPS) is 27.1. The SMILES string of the molecule is CCC[SiH]1CCC(C2CCC(CCc3ccc(-c4ccc(F)cc4)cc3)CC2)CC1. The molecule has 162 valence electrons. The summed E-state index contributed by atoms with van der Waals surface area (Å²) >= 11 is 0. The summed E-state index contributed by atoms with van der Waals surface area (Å²) in [5.74, 6) is 2.89. The molecule has 2 aromatic rings. The Bertz CT molecular complexity index is 750. The first-order chi connectivity index (χ1) is 14.7. The smallest absolute Gasteiger partial charge is 0.123 e. The Kier molecular flexibility index (Phi) is 7.81. The second-order valence-corrected chi connectivity index (χ2v) is 13.6. The van der Waals surface area contributed by atoms with E-state index in [1.165, 1.54) is 56.1 Å². The number of halogens is 1. The minimum Gasteiger partial charge on any atom is -0.207 e. The zero-order valence-corrected chi connectivity index (χ0v) is 19.9. The lowest BCUT2D eigenvalue weighted by molar-refractivity contribution is 0.186. The summed E-state index contributed by atoms with van der Waals surface area (Å²) < 4.78 is 13.1. The minimum atomic E-state index is -0.320. The van der Waals surface area contributed by atoms with Crippen molar-refractivity contribution in [3.63, 3.8) is 0 Å². The zero-order valence-electron chi connectivity index (χ0n) is 18.8. The number of hydrogen-bond donors (Lipinski definition) is 0. The lowest BCUT2D eigenvalue weighted by Crippen LogP contribution is -2.28. The molecule has 1 aliphatic heterocycles. The van der Waals surface area contributed by atoms with E-state index < -0.39 is 0 Å². The summed E-state index contributed by atoms with van der Waals surface area (Å²) in [4.78, 5) is 0. The fraction of sp³-hybridized carbons (Fsp3) is 0.571. The van der Waals surface area contributed by atoms with Gasteiger partial charge in [-0.15, -0.1) is 0 Å². The first-order valence-corrected chi connectivity index (χ1v) is 15.0. The number of aryl methyl sites for hydroxylation is 1. The lowest BCUT2D eigenvalue weighted by Gasteiger charge is -2.37. The average Bonchev–Trinajstić information content (AvgIpc) is 2.80. The van der Waals surface area contributed by atoms with Crippen molar-refractivity contribution in [1.29, 1.82) is 0 Å². The first kappa shape index (κ1) is 21.8. The molecule has 0 radical (unpaired) electrons. The Morgan fingerprint density at radius 3 is 1.93 bits per heavy atom. The molecule has 0 atom stereocenters. The number of hydrogen-bond acceptors (Lipinski definition) is 0. The van der Waals surface area contributed by atoms with Crippen LogP contribution in [0.5, 0.6) is 0 Å². The highest BCUT2D eigenvalue weighted by molar-refractivity contribution is 6.58. The first-order valence-electron chi connectivity index (χ1n) is 12.6. The molecular formula is C28H39FSi. The Labute approximate surface area is 184 Å². The molecule has 1 heterocycles. The molecule has 0 bridgehead atoms. The molecule has 0 amide bonds. The maximum Gasteiger partial charge on any atom is 0.123 e. The molecule has 0 unspecified atom stereocenters. The number of rotatable bonds is 7. The topological polar surface area (TPSA) is 0 Å². The molecule has 2 heteroatoms. The molecule has 2 fully saturated rings. The second kappa shape index (κ2) is 10.8. The van der Waals surface area contributed by atoms with Gasteiger partial charge >= 0.3 is 0 Å². The summed E-state index contributed by atoms with van der Waals surface area (Å²) in [7, 11) is -0.320. The van der Waals surface area contributed by atoms with E-state index in [0.29, 0.717) is 0 Å². The van der Waals surface area contributed by atoms with Crippen molar-refractivity contribution < 1.29 is 4.39 Å². The highest BCUT2D eigenvalue weighted by Gasteiger charge is 2.30. The van der Waals surface area contributed by atoms with Gasteiger partial charge in [0.05, 0.1) is 0 Å². The van der Waals surface area contributed by atoms with Crippen LogP contribution >= 0.6 is 0 Å². The van der Waals surface area contributed by atoms with Crippen LogP contribution in [0.2, 0.25) is 18.1 Å². The highest BCUT2D eigenvalue weighted by atomic mass is 28.3. The lowest BCUT2D eigenvalue weighted by atomic mass is 9.73. The van der Waals surface area contributed by atoms with Gasteiger partial charge in [0.25, 0.3) is 0 Å². The van der Waals surface area contributed by atoms with Crippen molar-refractivity contribution in [1.82, 2.24) is 0 Å². The molecule has 0 nitrogen and oxygen atoms in total. The van der Waals surface area contributed by atoms with E-state index in [2.05, 4.69) is 31.2 Å². The summed E-state index contributed by atoms with van der Waals surface area (Å²) in [6.45, 7) is 2.38. The molecule has 30 heavy (non-hydrogen) atoms. The Balaban J connectivity index is 1.19. The molecule has 1 aliphatic carbocycles. The second-order valence-electron chi connectivity index (χ2n) is 10.1. The van der Waals surface area contributed by atoms with Crippen molar-refractivity contribution in [3.8, 4) is 11.1 Å². The van der Waals surface area contributed by atoms with Crippen LogP contribution in [0.3, 0.4) is 0 Å². The predicted molar refractivity (Wildman–Crippen MR) is 130 cm³/mol. The van der Waals surface area contributed by atoms with Gasteiger partial charge in [0, 0.05) is 8.80 Å². The Morgan fingerprint density at radius 2 is 1.33 bits per heavy atom. The molecule has 2 aromatic carbocycles. The van der Waals surface area contributed by atoms with Gasteiger partial charge < -0.3 is 0 Å². The standard InChI is InChI=1S/C28H39FSi/c1-2-19-30-20-17-27(18-21-30)25-11-7-23(8-12-25)4-3-22-5-9-24(10-6-22)26-13-15-28(29)16-14-26/h5-6,9-10,13-16,23,25,27,30H,2-4,7-8,11-12,17-21H2,1H3. The molecule has 1 saturated carbocycles. The molecule has 0 aromatic heterocycles. The van der Waals surface area contributed by atoms with Crippen LogP contribution in [0.4, 0.5) is 4.39 Å². The Hall–Kier alpha value is -1.41. The van der Waals surface area contributed by atoms with Gasteiger partial charge in [-0.05, 0) is 72.3 Å². The van der Waals surface area contributed by atoms with Crippen LogP contribution in [0.25, 0.3) is 11.1 Å². The van der Waals surface area contributed by atoms with Crippen molar-refractivity contribution in [2.24, 2.45) is 17.8 Å². The van der Waals surface area contributed by atoms with Crippen LogP contribution in [0, 0.1) is 23.6 Å². The summed E-state index contributed by atoms with van der Waals surface area (Å²) in [6, 6.07) is 20.6. The molecular weight excluding hydrogens is 383 g/mol. The highest BCUT2D eigenvalue weighted by Crippen LogP contribution is 2.41. The third-order valence-corrected chi connectivity index (χ3v) is 11.8. The Morgan fingerprint density at radius 1 is 0.767 bits per heavy atom. The van der Waals surface area contributed by atoms with E-state index in [-0.39, 0.29) is 14.6 Å². The van der Waals surface area contributed by atoms with Gasteiger partial charge in [0.2, 0.25) is 0 Å². The van der Waals surface area contributed by atoms with Gasteiger partial charge in [-0.1, -0.05) is 93.6 Å². The molecule has 0 spiro atoms. The van der Waals surface area contributed by atoms with Crippen molar-refractivity contribution in [3.05, 3.63) is 59.9 Å². The summed E-state index contributed by atoms with van der Waals surface area (Å²) in [6.07, 6.45) is 13.1. The molecule has 1 saturated heterocycles. The fourth-order valence-corrected chi connectivity index (χ4v) is 9.66. The van der Waals surface area contributed by atoms with E-state index in [0.717, 1.165) is 23.3 Å². The van der Waals surface area contributed by atoms with Crippen molar-refractivity contribution in [2.75, 3.05) is 0 Å². The third-order valence-electron chi connectivity index (χ3n) is 8.12. The predicted octanol–water partition coefficient (Wildman–Crippen LogP) is 8.28. The van der Waals surface area contributed by atoms with Crippen LogP contribution < -0.4 is 0 Å². The maximum atomic E-state index is 13.1. The van der Waals surface area contributed by atoms with Crippen molar-refractivity contribution >= 4 is 8.80 Å². The van der Waals surface area contributed by atoms with E-state index >= 15 is 0 Å². The van der Waals surface area contributed by atoms with E-state index in [9.17, 15) is 4.39 Å². The quantitative estimate of drug-likeness (QED) is 0.394. The van der Waals surface area contributed by atoms with Crippen LogP contribution in [-0.2, 0) is 6.42 Å². The van der Waals surface area contributed by atoms with Gasteiger partial charge in [-0.2, -0.15) is 0 Å². The average molecular weight is 423 g/mol. The number of benzene rings is 2. The monoisotopic (exact) mass is 422 g/mol. The molecule has 0 N–H and O–H groups in total. The van der Waals surface area contributed by atoms with Gasteiger partial charge in [0.15, 0.2) is 0 Å². The van der Waals surface area contributed by atoms with E-state index in [1.807, 2.05) is 12.1 Å². The third kappa shape index (κ3) is 5.84. The van der Waals surface area contributed by atoms with Crippen LogP contribution in [0.15, 0.2) is 48.5 Å². The molecule has 2 aliphatic rings. The van der Waals surface area contributed by atoms with Gasteiger partial charge in [-0.25, -0.2) is 4.39 Å². The van der Waals surface area contributed by atoms with Gasteiger partial charge in [0.1, 0.15) is 5.82 Å². The zero-order chi connectivity index (χ0) is 20.8. The summed E-state index contributed by atoms with van der Waals surface area (Å²) in [5, 5.41) is 0. The molecule has 4 rings (SSSR count). The largest absolute Gasteiger partial charge is 0.207 e. The summed E-state index contributed by atoms with van der Waals surface area (Å²) in [5.41, 5.74) is 3.71.